The third kappa shape index (κ3) is 28.2. The molecule has 660 valence electrons. The van der Waals surface area contributed by atoms with Crippen molar-refractivity contribution in [3.8, 4) is 74.7 Å². The molecule has 0 fully saturated rings. The number of hydrogen-bond acceptors (Lipinski definition) is 14. The predicted octanol–water partition coefficient (Wildman–Crippen LogP) is 28.4. The number of fused-ring (bicyclic) bond motifs is 3. The molecule has 0 aromatic heterocycles. The topological polar surface area (TPSA) is 192 Å². The Bertz CT molecular complexity index is 4430. The molecule has 0 aliphatic carbocycles. The number of hydrogen-bond donors (Lipinski definition) is 5. The molecule has 5 N–H and O–H groups in total. The Morgan fingerprint density at radius 1 is 0.400 bits per heavy atom. The summed E-state index contributed by atoms with van der Waals surface area (Å²) in [4.78, 5) is 0.524. The van der Waals surface area contributed by atoms with E-state index in [-0.39, 0.29) is 27.9 Å². The molecule has 2 atom stereocenters. The minimum Gasteiger partial charge on any atom is -0.508 e. The van der Waals surface area contributed by atoms with Crippen LogP contribution in [-0.2, 0) is 28.3 Å². The molecule has 120 heavy (non-hydrogen) atoms. The monoisotopic (exact) mass is 1670 g/mol. The quantitative estimate of drug-likeness (QED) is 0.0239. The van der Waals surface area contributed by atoms with Gasteiger partial charge in [0.05, 0.1) is 32.3 Å². The zero-order chi connectivity index (χ0) is 88.2. The van der Waals surface area contributed by atoms with Crippen molar-refractivity contribution in [3.05, 3.63) is 198 Å². The molecule has 3 heterocycles. The number of benzene rings is 8. The largest absolute Gasteiger partial charge is 0.508 e. The second-order valence-electron chi connectivity index (χ2n) is 36.1. The lowest BCUT2D eigenvalue weighted by Gasteiger charge is -2.51. The Morgan fingerprint density at radius 3 is 1.27 bits per heavy atom. The van der Waals surface area contributed by atoms with Gasteiger partial charge < -0.3 is 62.9 Å². The van der Waals surface area contributed by atoms with Gasteiger partial charge in [-0.25, -0.2) is 4.21 Å². The number of aromatic hydroxyl groups is 5. The molecule has 0 bridgehead atoms. The van der Waals surface area contributed by atoms with Crippen LogP contribution in [0.25, 0.3) is 0 Å². The maximum Gasteiger partial charge on any atom is 0.252 e. The van der Waals surface area contributed by atoms with Gasteiger partial charge in [0, 0.05) is 46.3 Å². The number of methoxy groups -OCH3 is 2. The van der Waals surface area contributed by atoms with Crippen LogP contribution in [0.2, 0.25) is 0 Å². The summed E-state index contributed by atoms with van der Waals surface area (Å²) < 4.78 is 60.6. The van der Waals surface area contributed by atoms with E-state index in [1.165, 1.54) is 142 Å². The fourth-order valence-electron chi connectivity index (χ4n) is 16.9. The first-order chi connectivity index (χ1) is 57.0. The van der Waals surface area contributed by atoms with Crippen molar-refractivity contribution in [1.82, 2.24) is 0 Å². The molecule has 0 radical (unpaired) electrons. The van der Waals surface area contributed by atoms with E-state index >= 15 is 0 Å². The van der Waals surface area contributed by atoms with E-state index < -0.39 is 16.9 Å². The molecule has 14 nitrogen and oxygen atoms in total. The van der Waals surface area contributed by atoms with E-state index in [1.54, 1.807) is 78.3 Å². The van der Waals surface area contributed by atoms with Crippen LogP contribution in [-0.4, -0.2) is 68.6 Å². The zero-order valence-corrected chi connectivity index (χ0v) is 78.5. The predicted molar refractivity (Wildman–Crippen MR) is 495 cm³/mol. The molecule has 8 aromatic rings. The van der Waals surface area contributed by atoms with Gasteiger partial charge in [0.2, 0.25) is 11.1 Å². The van der Waals surface area contributed by atoms with Crippen LogP contribution in [0.4, 0.5) is 0 Å². The molecular formula is C105H150O14S. The summed E-state index contributed by atoms with van der Waals surface area (Å²) in [7, 11) is 3.43. The summed E-state index contributed by atoms with van der Waals surface area (Å²) in [6.07, 6.45) is 31.2. The standard InChI is InChI=1S/C25H32O4.C24H42O2.C22H36O2.C18H22O2.C16H18O4S/c1-15-9-21-17(11-19(15)26-7)23(3,4)13-25(28-21)14-24(5,6)18-12-20(27-8)16(2)10-22(18)29-25;1-5-7-9-11-13-15-17-25-23-19-22(4)24(20-21(23)3)26-18-16-14-12-10-8-6-2;1-5-7-8-9-10-11-13-17-14-21-19(15-20(17)23)18(12-6-2)16-22(3,4)24-21;1-4-5-16(14-6-8-17(19)12(2)10-14)15-7-9-18(20)13(3)11-15;1-9-7-15(11(3)5-13(9)17)20-21(19)16-8-10(2)14(18)6-12(16)4/h9-12H,13-14H2,1-8H3;19-20H,5-18H2,1-4H3;14-15,18,23H,5-13,16H2,1-4H3;6-11,16,19-20H,4-5H2,1-3H3;5-8,17-18H,1-4H3. The number of phenols is 5. The van der Waals surface area contributed by atoms with Crippen LogP contribution < -0.4 is 37.3 Å². The SMILES string of the molecule is CCCC(c1ccc(O)c(C)c1)c1ccc(O)c(C)c1.CCCCCCCCOc1cc(C)c(OCCCCCCCC)cc1C.CCCCCCCCc1cc2c(cc1O)C(CCC)CC(C)(C)O2.COc1cc2c(cc1C)OC1(CC2(C)C)CC(C)(C)c2cc(OC)c(C)cc2O1.Cc1cc(OS(=O)c2cc(C)c(O)cc2C)c(C)cc1O. The number of unbranched alkanes of at least 4 members (excludes halogenated alkanes) is 15. The first-order valence-corrected chi connectivity index (χ1v) is 46.0. The van der Waals surface area contributed by atoms with Gasteiger partial charge in [0.15, 0.2) is 0 Å². The van der Waals surface area contributed by atoms with Crippen molar-refractivity contribution in [1.29, 1.82) is 0 Å². The summed E-state index contributed by atoms with van der Waals surface area (Å²) in [5, 5.41) is 49.1. The summed E-state index contributed by atoms with van der Waals surface area (Å²) in [6.45, 7) is 45.4. The molecule has 2 unspecified atom stereocenters. The van der Waals surface area contributed by atoms with E-state index in [1.807, 2.05) is 45.9 Å². The number of rotatable bonds is 34. The number of ether oxygens (including phenoxy) is 7. The van der Waals surface area contributed by atoms with E-state index in [9.17, 15) is 29.7 Å². The van der Waals surface area contributed by atoms with Crippen LogP contribution in [0.1, 0.15) is 338 Å². The minimum absolute atomic E-state index is 0.107. The Morgan fingerprint density at radius 2 is 0.817 bits per heavy atom. The Labute approximate surface area is 725 Å². The summed E-state index contributed by atoms with van der Waals surface area (Å²) >= 11 is -1.68. The van der Waals surface area contributed by atoms with Crippen molar-refractivity contribution < 1.29 is 67.1 Å². The van der Waals surface area contributed by atoms with Gasteiger partial charge in [-0.15, -0.1) is 0 Å². The fourth-order valence-corrected chi connectivity index (χ4v) is 17.9. The average Bonchev–Trinajstić information content (AvgIpc) is 0.719. The van der Waals surface area contributed by atoms with Crippen LogP contribution in [0.3, 0.4) is 0 Å². The molecular weight excluding hydrogens is 1520 g/mol. The summed E-state index contributed by atoms with van der Waals surface area (Å²) in [5.41, 5.74) is 15.7. The third-order valence-corrected chi connectivity index (χ3v) is 24.9. The van der Waals surface area contributed by atoms with Gasteiger partial charge in [-0.3, -0.25) is 0 Å². The molecule has 15 heteroatoms. The second kappa shape index (κ2) is 46.5. The lowest BCUT2D eigenvalue weighted by molar-refractivity contribution is -0.166. The number of phenolic OH excluding ortho intramolecular Hbond substituents is 5. The van der Waals surface area contributed by atoms with Crippen molar-refractivity contribution in [3.63, 3.8) is 0 Å². The van der Waals surface area contributed by atoms with Crippen LogP contribution >= 0.6 is 0 Å². The lowest BCUT2D eigenvalue weighted by Crippen LogP contribution is -2.55. The van der Waals surface area contributed by atoms with Crippen molar-refractivity contribution >= 4 is 11.1 Å². The van der Waals surface area contributed by atoms with Crippen LogP contribution in [0, 0.1) is 69.2 Å². The first kappa shape index (κ1) is 98.4. The highest BCUT2D eigenvalue weighted by atomic mass is 32.2. The van der Waals surface area contributed by atoms with Crippen molar-refractivity contribution in [2.45, 2.75) is 351 Å². The van der Waals surface area contributed by atoms with Crippen molar-refractivity contribution in [2.24, 2.45) is 0 Å². The van der Waals surface area contributed by atoms with E-state index in [0.29, 0.717) is 62.0 Å². The lowest BCUT2D eigenvalue weighted by atomic mass is 9.69. The molecule has 11 rings (SSSR count). The van der Waals surface area contributed by atoms with E-state index in [4.69, 9.17) is 37.3 Å². The smallest absolute Gasteiger partial charge is 0.252 e. The molecule has 0 amide bonds. The maximum atomic E-state index is 12.4. The van der Waals surface area contributed by atoms with E-state index in [0.717, 1.165) is 145 Å². The highest BCUT2D eigenvalue weighted by molar-refractivity contribution is 7.80. The summed E-state index contributed by atoms with van der Waals surface area (Å²) in [6, 6.07) is 34.9. The highest BCUT2D eigenvalue weighted by Gasteiger charge is 2.54. The molecule has 3 aliphatic heterocycles. The third-order valence-electron chi connectivity index (χ3n) is 23.8. The van der Waals surface area contributed by atoms with Crippen LogP contribution in [0.15, 0.2) is 114 Å². The van der Waals surface area contributed by atoms with Crippen LogP contribution in [0.5, 0.6) is 74.7 Å². The Hall–Kier alpha value is -8.69. The van der Waals surface area contributed by atoms with Crippen molar-refractivity contribution in [2.75, 3.05) is 27.4 Å². The maximum absolute atomic E-state index is 12.4. The van der Waals surface area contributed by atoms with Gasteiger partial charge in [-0.05, 0) is 291 Å². The van der Waals surface area contributed by atoms with E-state index in [2.05, 4.69) is 145 Å². The van der Waals surface area contributed by atoms with Gasteiger partial charge in [0.25, 0.3) is 5.79 Å². The first-order valence-electron chi connectivity index (χ1n) is 44.9. The average molecular weight is 1670 g/mol. The van der Waals surface area contributed by atoms with Gasteiger partial charge >= 0.3 is 0 Å². The fraction of sp³-hybridized carbons (Fsp3) is 0.543. The number of aryl methyl sites for hydroxylation is 11. The Balaban J connectivity index is 0.000000208. The molecule has 0 saturated carbocycles. The second-order valence-corrected chi connectivity index (χ2v) is 37.2. The van der Waals surface area contributed by atoms with Gasteiger partial charge in [0.1, 0.15) is 80.3 Å². The molecule has 1 spiro atoms. The van der Waals surface area contributed by atoms with Gasteiger partial charge in [-0.2, -0.15) is 0 Å². The summed E-state index contributed by atoms with van der Waals surface area (Å²) in [5.74, 6) is 8.69. The minimum atomic E-state index is -1.68. The highest BCUT2D eigenvalue weighted by Crippen LogP contribution is 2.56. The Kier molecular flexibility index (Phi) is 38.2. The molecule has 8 aromatic carbocycles. The molecule has 0 saturated heterocycles. The molecule has 3 aliphatic rings. The zero-order valence-electron chi connectivity index (χ0n) is 77.7. The normalized spacial score (nSPS) is 15.0. The van der Waals surface area contributed by atoms with Gasteiger partial charge in [-0.1, -0.05) is 196 Å².